The second-order valence-electron chi connectivity index (χ2n) is 5.14. The van der Waals surface area contributed by atoms with Crippen molar-refractivity contribution in [2.24, 2.45) is 0 Å². The van der Waals surface area contributed by atoms with Gasteiger partial charge in [0.25, 0.3) is 5.91 Å². The Balaban J connectivity index is 1.76. The standard InChI is InChI=1S/C16H18N2OS/c19-16(18-15-9-5-6-10-17-15)14-11-12-7-3-1-2-4-8-13(12)20-14/h5-6,9-11H,1-4,7-8H2,(H,17,18,19). The molecule has 2 aromatic rings. The second-order valence-corrected chi connectivity index (χ2v) is 6.28. The van der Waals surface area contributed by atoms with Crippen molar-refractivity contribution in [2.45, 2.75) is 38.5 Å². The van der Waals surface area contributed by atoms with Gasteiger partial charge >= 0.3 is 0 Å². The quantitative estimate of drug-likeness (QED) is 0.904. The van der Waals surface area contributed by atoms with Crippen molar-refractivity contribution in [3.05, 3.63) is 45.8 Å². The summed E-state index contributed by atoms with van der Waals surface area (Å²) in [6.45, 7) is 0. The first-order chi connectivity index (χ1) is 9.83. The number of amides is 1. The Labute approximate surface area is 123 Å². The number of rotatable bonds is 2. The molecule has 0 radical (unpaired) electrons. The number of aryl methyl sites for hydroxylation is 2. The average Bonchev–Trinajstić information content (AvgIpc) is 2.82. The van der Waals surface area contributed by atoms with Gasteiger partial charge in [-0.15, -0.1) is 11.3 Å². The van der Waals surface area contributed by atoms with Gasteiger partial charge in [-0.05, 0) is 49.4 Å². The number of hydrogen-bond acceptors (Lipinski definition) is 3. The SMILES string of the molecule is O=C(Nc1ccccn1)c1cc2c(s1)CCCCCC2. The molecule has 0 spiro atoms. The Morgan fingerprint density at radius 1 is 1.15 bits per heavy atom. The van der Waals surface area contributed by atoms with Gasteiger partial charge in [0, 0.05) is 11.1 Å². The Hall–Kier alpha value is -1.68. The highest BCUT2D eigenvalue weighted by atomic mass is 32.1. The maximum Gasteiger partial charge on any atom is 0.266 e. The summed E-state index contributed by atoms with van der Waals surface area (Å²) in [6, 6.07) is 7.59. The van der Waals surface area contributed by atoms with Gasteiger partial charge in [-0.2, -0.15) is 0 Å². The van der Waals surface area contributed by atoms with E-state index in [9.17, 15) is 4.79 Å². The van der Waals surface area contributed by atoms with E-state index in [-0.39, 0.29) is 5.91 Å². The van der Waals surface area contributed by atoms with E-state index in [2.05, 4.69) is 16.4 Å². The first-order valence-electron chi connectivity index (χ1n) is 7.17. The van der Waals surface area contributed by atoms with Crippen LogP contribution in [0.2, 0.25) is 0 Å². The molecule has 1 amide bonds. The zero-order valence-corrected chi connectivity index (χ0v) is 12.2. The van der Waals surface area contributed by atoms with Crippen molar-refractivity contribution in [1.82, 2.24) is 4.98 Å². The van der Waals surface area contributed by atoms with Crippen molar-refractivity contribution >= 4 is 23.1 Å². The molecule has 0 saturated heterocycles. The third kappa shape index (κ3) is 3.07. The van der Waals surface area contributed by atoms with Crippen LogP contribution in [0.15, 0.2) is 30.5 Å². The van der Waals surface area contributed by atoms with Crippen LogP contribution in [0.1, 0.15) is 45.8 Å². The van der Waals surface area contributed by atoms with E-state index in [1.165, 1.54) is 36.1 Å². The van der Waals surface area contributed by atoms with Gasteiger partial charge in [-0.25, -0.2) is 4.98 Å². The fourth-order valence-corrected chi connectivity index (χ4v) is 3.72. The van der Waals surface area contributed by atoms with E-state index in [0.29, 0.717) is 5.82 Å². The first kappa shape index (κ1) is 13.3. The van der Waals surface area contributed by atoms with Crippen molar-refractivity contribution in [2.75, 3.05) is 5.32 Å². The van der Waals surface area contributed by atoms with Gasteiger partial charge in [-0.1, -0.05) is 18.9 Å². The maximum absolute atomic E-state index is 12.3. The number of carbonyl (C=O) groups is 1. The van der Waals surface area contributed by atoms with Crippen molar-refractivity contribution < 1.29 is 4.79 Å². The summed E-state index contributed by atoms with van der Waals surface area (Å²) in [5, 5.41) is 2.86. The zero-order valence-electron chi connectivity index (χ0n) is 11.4. The van der Waals surface area contributed by atoms with E-state index in [0.717, 1.165) is 17.7 Å². The number of aromatic nitrogens is 1. The van der Waals surface area contributed by atoms with E-state index < -0.39 is 0 Å². The summed E-state index contributed by atoms with van der Waals surface area (Å²) in [5.41, 5.74) is 1.38. The van der Waals surface area contributed by atoms with Crippen molar-refractivity contribution in [3.8, 4) is 0 Å². The molecule has 3 rings (SSSR count). The van der Waals surface area contributed by atoms with Crippen LogP contribution < -0.4 is 5.32 Å². The number of carbonyl (C=O) groups excluding carboxylic acids is 1. The molecule has 0 aromatic carbocycles. The van der Waals surface area contributed by atoms with Crippen LogP contribution in [0, 0.1) is 0 Å². The van der Waals surface area contributed by atoms with E-state index in [1.54, 1.807) is 17.5 Å². The minimum Gasteiger partial charge on any atom is -0.306 e. The predicted octanol–water partition coefficient (Wildman–Crippen LogP) is 4.05. The van der Waals surface area contributed by atoms with Gasteiger partial charge in [0.15, 0.2) is 0 Å². The van der Waals surface area contributed by atoms with Gasteiger partial charge in [0.05, 0.1) is 4.88 Å². The Morgan fingerprint density at radius 2 is 2.00 bits per heavy atom. The second kappa shape index (κ2) is 6.18. The molecule has 104 valence electrons. The Morgan fingerprint density at radius 3 is 2.80 bits per heavy atom. The fraction of sp³-hybridized carbons (Fsp3) is 0.375. The molecular formula is C16H18N2OS. The highest BCUT2D eigenvalue weighted by molar-refractivity contribution is 7.14. The third-order valence-electron chi connectivity index (χ3n) is 3.63. The summed E-state index contributed by atoms with van der Waals surface area (Å²) in [6.07, 6.45) is 9.03. The predicted molar refractivity (Wildman–Crippen MR) is 82.4 cm³/mol. The van der Waals surface area contributed by atoms with E-state index in [1.807, 2.05) is 18.2 Å². The number of hydrogen-bond donors (Lipinski definition) is 1. The lowest BCUT2D eigenvalue weighted by molar-refractivity contribution is 0.103. The molecule has 0 atom stereocenters. The Kier molecular flexibility index (Phi) is 4.11. The van der Waals surface area contributed by atoms with Crippen LogP contribution in [0.25, 0.3) is 0 Å². The van der Waals surface area contributed by atoms with E-state index in [4.69, 9.17) is 0 Å². The van der Waals surface area contributed by atoms with Gasteiger partial charge in [-0.3, -0.25) is 4.79 Å². The lowest BCUT2D eigenvalue weighted by Crippen LogP contribution is -2.11. The number of fused-ring (bicyclic) bond motifs is 1. The van der Waals surface area contributed by atoms with Crippen LogP contribution in [0.3, 0.4) is 0 Å². The molecular weight excluding hydrogens is 268 g/mol. The zero-order chi connectivity index (χ0) is 13.8. The number of anilines is 1. The summed E-state index contributed by atoms with van der Waals surface area (Å²) < 4.78 is 0. The molecule has 2 heterocycles. The molecule has 0 unspecified atom stereocenters. The average molecular weight is 286 g/mol. The highest BCUT2D eigenvalue weighted by Gasteiger charge is 2.16. The monoisotopic (exact) mass is 286 g/mol. The third-order valence-corrected chi connectivity index (χ3v) is 4.86. The van der Waals surface area contributed by atoms with Crippen LogP contribution in [0.5, 0.6) is 0 Å². The highest BCUT2D eigenvalue weighted by Crippen LogP contribution is 2.28. The Bertz CT molecular complexity index is 566. The molecule has 0 fully saturated rings. The number of pyridine rings is 1. The maximum atomic E-state index is 12.3. The van der Waals surface area contributed by atoms with Crippen molar-refractivity contribution in [1.29, 1.82) is 0 Å². The molecule has 1 aliphatic rings. The summed E-state index contributed by atoms with van der Waals surface area (Å²) in [7, 11) is 0. The summed E-state index contributed by atoms with van der Waals surface area (Å²) >= 11 is 1.65. The molecule has 2 aromatic heterocycles. The smallest absolute Gasteiger partial charge is 0.266 e. The van der Waals surface area contributed by atoms with Crippen LogP contribution in [0.4, 0.5) is 5.82 Å². The molecule has 1 N–H and O–H groups in total. The molecule has 1 aliphatic carbocycles. The topological polar surface area (TPSA) is 42.0 Å². The first-order valence-corrected chi connectivity index (χ1v) is 7.98. The summed E-state index contributed by atoms with van der Waals surface area (Å²) in [4.78, 5) is 18.6. The van der Waals surface area contributed by atoms with Crippen molar-refractivity contribution in [3.63, 3.8) is 0 Å². The minimum absolute atomic E-state index is 0.0413. The summed E-state index contributed by atoms with van der Waals surface area (Å²) in [5.74, 6) is 0.568. The largest absolute Gasteiger partial charge is 0.306 e. The number of thiophene rings is 1. The van der Waals surface area contributed by atoms with Gasteiger partial charge in [0.1, 0.15) is 5.82 Å². The molecule has 4 heteroatoms. The fourth-order valence-electron chi connectivity index (χ4n) is 2.57. The molecule has 20 heavy (non-hydrogen) atoms. The minimum atomic E-state index is -0.0413. The van der Waals surface area contributed by atoms with Gasteiger partial charge < -0.3 is 5.32 Å². The van der Waals surface area contributed by atoms with E-state index >= 15 is 0 Å². The molecule has 0 aliphatic heterocycles. The van der Waals surface area contributed by atoms with Crippen LogP contribution in [-0.2, 0) is 12.8 Å². The number of nitrogens with zero attached hydrogens (tertiary/aromatic N) is 1. The molecule has 3 nitrogen and oxygen atoms in total. The van der Waals surface area contributed by atoms with Crippen LogP contribution >= 0.6 is 11.3 Å². The van der Waals surface area contributed by atoms with Gasteiger partial charge in [0.2, 0.25) is 0 Å². The lowest BCUT2D eigenvalue weighted by atomic mass is 10.00. The number of nitrogens with one attached hydrogen (secondary N) is 1. The normalized spacial score (nSPS) is 15.0. The lowest BCUT2D eigenvalue weighted by Gasteiger charge is -2.07. The molecule has 0 bridgehead atoms. The van der Waals surface area contributed by atoms with Crippen LogP contribution in [-0.4, -0.2) is 10.9 Å². The molecule has 0 saturated carbocycles.